The summed E-state index contributed by atoms with van der Waals surface area (Å²) in [5, 5.41) is 19.5. The van der Waals surface area contributed by atoms with E-state index in [2.05, 4.69) is 5.32 Å². The molecule has 0 heterocycles. The van der Waals surface area contributed by atoms with Crippen molar-refractivity contribution < 1.29 is 14.7 Å². The van der Waals surface area contributed by atoms with Crippen LogP contribution in [-0.2, 0) is 9.59 Å². The normalized spacial score (nSPS) is 26.0. The number of carboxylic acids is 1. The molecule has 0 aliphatic heterocycles. The van der Waals surface area contributed by atoms with Gasteiger partial charge in [-0.2, -0.15) is 5.26 Å². The topological polar surface area (TPSA) is 90.2 Å². The lowest BCUT2D eigenvalue weighted by Gasteiger charge is -2.09. The van der Waals surface area contributed by atoms with Crippen LogP contribution in [0.1, 0.15) is 19.8 Å². The van der Waals surface area contributed by atoms with Gasteiger partial charge in [0.25, 0.3) is 0 Å². The number of carbonyl (C=O) groups excluding carboxylic acids is 1. The Morgan fingerprint density at radius 1 is 1.64 bits per heavy atom. The maximum atomic E-state index is 11.3. The third-order valence-corrected chi connectivity index (χ3v) is 2.23. The fraction of sp³-hybridized carbons (Fsp3) is 0.667. The van der Waals surface area contributed by atoms with Crippen molar-refractivity contribution in [1.82, 2.24) is 5.32 Å². The van der Waals surface area contributed by atoms with Gasteiger partial charge in [-0.3, -0.25) is 9.59 Å². The average Bonchev–Trinajstić information content (AvgIpc) is 2.82. The van der Waals surface area contributed by atoms with E-state index in [-0.39, 0.29) is 18.4 Å². The fourth-order valence-electron chi connectivity index (χ4n) is 1.30. The van der Waals surface area contributed by atoms with Gasteiger partial charge in [0.15, 0.2) is 0 Å². The predicted octanol–water partition coefficient (Wildman–Crippen LogP) is 0.125. The van der Waals surface area contributed by atoms with E-state index in [0.29, 0.717) is 6.42 Å². The Balaban J connectivity index is 2.32. The summed E-state index contributed by atoms with van der Waals surface area (Å²) >= 11 is 0. The van der Waals surface area contributed by atoms with Crippen LogP contribution in [0.4, 0.5) is 0 Å². The highest BCUT2D eigenvalue weighted by atomic mass is 16.4. The minimum atomic E-state index is -0.918. The maximum Gasteiger partial charge on any atom is 0.307 e. The van der Waals surface area contributed by atoms with E-state index >= 15 is 0 Å². The number of nitriles is 1. The maximum absolute atomic E-state index is 11.3. The Hall–Kier alpha value is -1.57. The quantitative estimate of drug-likeness (QED) is 0.668. The van der Waals surface area contributed by atoms with Gasteiger partial charge in [0.2, 0.25) is 5.91 Å². The Bertz CT molecular complexity index is 295. The molecular formula is C9H12N2O3. The predicted molar refractivity (Wildman–Crippen MR) is 47.1 cm³/mol. The van der Waals surface area contributed by atoms with Crippen molar-refractivity contribution in [3.05, 3.63) is 0 Å². The SMILES string of the molecule is CC(CC#N)NC(=O)[C@@H]1C[C@@H]1C(=O)O. The molecule has 1 fully saturated rings. The van der Waals surface area contributed by atoms with Crippen molar-refractivity contribution in [1.29, 1.82) is 5.26 Å². The summed E-state index contributed by atoms with van der Waals surface area (Å²) in [6.07, 6.45) is 0.663. The van der Waals surface area contributed by atoms with Crippen LogP contribution in [0.2, 0.25) is 0 Å². The number of amides is 1. The molecular weight excluding hydrogens is 184 g/mol. The molecule has 0 bridgehead atoms. The molecule has 0 aromatic rings. The molecule has 14 heavy (non-hydrogen) atoms. The first-order valence-corrected chi connectivity index (χ1v) is 4.46. The summed E-state index contributed by atoms with van der Waals surface area (Å²) in [7, 11) is 0. The average molecular weight is 196 g/mol. The summed E-state index contributed by atoms with van der Waals surface area (Å²) in [6, 6.07) is 1.73. The minimum Gasteiger partial charge on any atom is -0.481 e. The number of nitrogens with zero attached hydrogens (tertiary/aromatic N) is 1. The van der Waals surface area contributed by atoms with Crippen molar-refractivity contribution in [3.63, 3.8) is 0 Å². The van der Waals surface area contributed by atoms with Crippen LogP contribution in [0.3, 0.4) is 0 Å². The molecule has 5 heteroatoms. The van der Waals surface area contributed by atoms with Gasteiger partial charge in [0.05, 0.1) is 24.3 Å². The van der Waals surface area contributed by atoms with Crippen LogP contribution in [0.25, 0.3) is 0 Å². The third kappa shape index (κ3) is 2.46. The molecule has 5 nitrogen and oxygen atoms in total. The van der Waals surface area contributed by atoms with Crippen LogP contribution in [0.15, 0.2) is 0 Å². The molecule has 1 aliphatic carbocycles. The highest BCUT2D eigenvalue weighted by Gasteiger charge is 2.48. The van der Waals surface area contributed by atoms with Crippen LogP contribution in [-0.4, -0.2) is 23.0 Å². The molecule has 3 atom stereocenters. The molecule has 0 aromatic heterocycles. The molecule has 2 N–H and O–H groups in total. The van der Waals surface area contributed by atoms with Crippen LogP contribution >= 0.6 is 0 Å². The number of hydrogen-bond donors (Lipinski definition) is 2. The van der Waals surface area contributed by atoms with Gasteiger partial charge in [-0.1, -0.05) is 0 Å². The first-order valence-electron chi connectivity index (χ1n) is 4.46. The zero-order valence-corrected chi connectivity index (χ0v) is 7.86. The van der Waals surface area contributed by atoms with Gasteiger partial charge >= 0.3 is 5.97 Å². The largest absolute Gasteiger partial charge is 0.481 e. The van der Waals surface area contributed by atoms with Crippen molar-refractivity contribution in [2.75, 3.05) is 0 Å². The number of hydrogen-bond acceptors (Lipinski definition) is 3. The fourth-order valence-corrected chi connectivity index (χ4v) is 1.30. The van der Waals surface area contributed by atoms with Gasteiger partial charge < -0.3 is 10.4 Å². The highest BCUT2D eigenvalue weighted by molar-refractivity contribution is 5.89. The minimum absolute atomic E-state index is 0.206. The zero-order valence-electron chi connectivity index (χ0n) is 7.86. The Kier molecular flexibility index (Phi) is 3.07. The molecule has 0 spiro atoms. The summed E-state index contributed by atoms with van der Waals surface area (Å²) < 4.78 is 0. The third-order valence-electron chi connectivity index (χ3n) is 2.23. The highest BCUT2D eigenvalue weighted by Crippen LogP contribution is 2.38. The summed E-state index contributed by atoms with van der Waals surface area (Å²) in [6.45, 7) is 1.72. The van der Waals surface area contributed by atoms with Crippen molar-refractivity contribution >= 4 is 11.9 Å². The molecule has 76 valence electrons. The molecule has 0 radical (unpaired) electrons. The lowest BCUT2D eigenvalue weighted by atomic mass is 10.2. The number of carbonyl (C=O) groups is 2. The van der Waals surface area contributed by atoms with Crippen LogP contribution in [0.5, 0.6) is 0 Å². The van der Waals surface area contributed by atoms with E-state index in [9.17, 15) is 9.59 Å². The molecule has 1 aliphatic rings. The molecule has 1 unspecified atom stereocenters. The number of aliphatic carboxylic acids is 1. The number of nitrogens with one attached hydrogen (secondary N) is 1. The van der Waals surface area contributed by atoms with Gasteiger partial charge in [-0.25, -0.2) is 0 Å². The second-order valence-corrected chi connectivity index (χ2v) is 3.56. The van der Waals surface area contributed by atoms with Crippen molar-refractivity contribution in [2.24, 2.45) is 11.8 Å². The van der Waals surface area contributed by atoms with Crippen molar-refractivity contribution in [2.45, 2.75) is 25.8 Å². The first kappa shape index (κ1) is 10.5. The molecule has 1 rings (SSSR count). The molecule has 0 saturated heterocycles. The van der Waals surface area contributed by atoms with Gasteiger partial charge in [-0.05, 0) is 13.3 Å². The van der Waals surface area contributed by atoms with Crippen molar-refractivity contribution in [3.8, 4) is 6.07 Å². The standard InChI is InChI=1S/C9H12N2O3/c1-5(2-3-10)11-8(12)6-4-7(6)9(13)14/h5-7H,2,4H2,1H3,(H,11,12)(H,13,14)/t5?,6-,7+/m1/s1. The molecule has 0 aromatic carbocycles. The summed E-state index contributed by atoms with van der Waals surface area (Å²) in [5.74, 6) is -2.09. The van der Waals surface area contributed by atoms with E-state index < -0.39 is 17.8 Å². The number of rotatable bonds is 4. The van der Waals surface area contributed by atoms with E-state index in [1.807, 2.05) is 6.07 Å². The summed E-state index contributed by atoms with van der Waals surface area (Å²) in [5.41, 5.74) is 0. The van der Waals surface area contributed by atoms with Gasteiger partial charge in [-0.15, -0.1) is 0 Å². The summed E-state index contributed by atoms with van der Waals surface area (Å²) in [4.78, 5) is 21.8. The molecule has 1 amide bonds. The lowest BCUT2D eigenvalue weighted by molar-refractivity contribution is -0.140. The Morgan fingerprint density at radius 2 is 2.29 bits per heavy atom. The van der Waals surface area contributed by atoms with E-state index in [1.165, 1.54) is 0 Å². The second-order valence-electron chi connectivity index (χ2n) is 3.56. The smallest absolute Gasteiger partial charge is 0.307 e. The van der Waals surface area contributed by atoms with E-state index in [4.69, 9.17) is 10.4 Å². The first-order chi connectivity index (χ1) is 6.56. The molecule has 1 saturated carbocycles. The monoisotopic (exact) mass is 196 g/mol. The van der Waals surface area contributed by atoms with E-state index in [0.717, 1.165) is 0 Å². The Morgan fingerprint density at radius 3 is 2.71 bits per heavy atom. The lowest BCUT2D eigenvalue weighted by Crippen LogP contribution is -2.34. The Labute approximate surface area is 81.7 Å². The van der Waals surface area contributed by atoms with Gasteiger partial charge in [0.1, 0.15) is 0 Å². The second kappa shape index (κ2) is 4.09. The van der Waals surface area contributed by atoms with Crippen LogP contribution < -0.4 is 5.32 Å². The van der Waals surface area contributed by atoms with Crippen LogP contribution in [0, 0.1) is 23.2 Å². The van der Waals surface area contributed by atoms with E-state index in [1.54, 1.807) is 6.92 Å². The number of carboxylic acid groups (broad SMARTS) is 1. The van der Waals surface area contributed by atoms with Gasteiger partial charge in [0, 0.05) is 6.04 Å². The zero-order chi connectivity index (χ0) is 10.7.